The molecule has 31 nitrogen and oxygen atoms in total. The Kier molecular flexibility index (Phi) is 26.7. The average molecular weight is 1700 g/mol. The predicted molar refractivity (Wildman–Crippen MR) is 429 cm³/mol. The molecule has 0 unspecified atom stereocenters. The van der Waals surface area contributed by atoms with Crippen LogP contribution in [0.4, 0.5) is 0 Å². The number of H-pyrrole nitrogens is 5. The second kappa shape index (κ2) is 33.1. The molecule has 0 spiro atoms. The van der Waals surface area contributed by atoms with Crippen molar-refractivity contribution in [1.29, 1.82) is 0 Å². The number of imidazole rings is 4. The Labute approximate surface area is 627 Å². The van der Waals surface area contributed by atoms with Gasteiger partial charge in [0, 0.05) is 22.6 Å². The number of aromatic amines is 5. The molecule has 8 aromatic rings. The molecule has 4 aliphatic heterocycles. The molecular formula is C63H96ClIN16O15P4S3. The third-order valence-electron chi connectivity index (χ3n) is 17.5. The molecule has 0 aromatic carbocycles. The number of thioether (sulfide) groups is 2. The van der Waals surface area contributed by atoms with Crippen molar-refractivity contribution in [3.63, 3.8) is 0 Å². The van der Waals surface area contributed by atoms with Crippen molar-refractivity contribution in [2.24, 2.45) is 0 Å². The number of nitrogens with one attached hydrogen (secondary N) is 5. The lowest BCUT2D eigenvalue weighted by Gasteiger charge is -2.19. The van der Waals surface area contributed by atoms with Crippen molar-refractivity contribution in [2.45, 2.75) is 168 Å². The maximum absolute atomic E-state index is 12.3. The van der Waals surface area contributed by atoms with E-state index in [-0.39, 0.29) is 55.2 Å². The van der Waals surface area contributed by atoms with Crippen LogP contribution in [0.1, 0.15) is 80.8 Å². The molecule has 12 N–H and O–H groups in total. The molecule has 0 saturated carbocycles. The molecule has 0 bridgehead atoms. The van der Waals surface area contributed by atoms with Gasteiger partial charge < -0.3 is 79.6 Å². The van der Waals surface area contributed by atoms with E-state index in [0.29, 0.717) is 85.7 Å². The van der Waals surface area contributed by atoms with Gasteiger partial charge in [-0.25, -0.2) is 34.9 Å². The van der Waals surface area contributed by atoms with E-state index in [4.69, 9.17) is 42.8 Å². The Bertz CT molecular complexity index is 4940. The zero-order valence-electron chi connectivity index (χ0n) is 60.0. The molecule has 4 fully saturated rings. The van der Waals surface area contributed by atoms with Gasteiger partial charge in [0.25, 0.3) is 22.2 Å². The number of ether oxygens (including phenoxy) is 4. The maximum atomic E-state index is 12.3. The lowest BCUT2D eigenvalue weighted by molar-refractivity contribution is -0.0400. The van der Waals surface area contributed by atoms with E-state index in [9.17, 15) is 54.9 Å². The Morgan fingerprint density at radius 1 is 0.466 bits per heavy atom. The summed E-state index contributed by atoms with van der Waals surface area (Å²) < 4.78 is 31.1. The highest BCUT2D eigenvalue weighted by Crippen LogP contribution is 2.46. The Morgan fingerprint density at radius 2 is 0.786 bits per heavy atom. The third kappa shape index (κ3) is 19.2. The highest BCUT2D eigenvalue weighted by molar-refractivity contribution is 14.1. The normalized spacial score (nSPS) is 26.8. The van der Waals surface area contributed by atoms with Crippen LogP contribution in [0, 0.1) is 36.3 Å². The summed E-state index contributed by atoms with van der Waals surface area (Å²) in [5.41, 5.74) is 0.952. The zero-order valence-corrected chi connectivity index (χ0v) is 69.0. The lowest BCUT2D eigenvalue weighted by Crippen LogP contribution is -2.32. The summed E-state index contributed by atoms with van der Waals surface area (Å²) >= 11 is 16.6. The van der Waals surface area contributed by atoms with E-state index in [2.05, 4.69) is 138 Å². The molecule has 570 valence electrons. The number of aliphatic hydroxyl groups excluding tert-OH is 7. The topological polar surface area (TPSA) is 436 Å². The fourth-order valence-corrected chi connectivity index (χ4v) is 18.7. The number of hydrogen-bond acceptors (Lipinski definition) is 25. The van der Waals surface area contributed by atoms with Gasteiger partial charge in [0.15, 0.2) is 88.5 Å². The first-order chi connectivity index (χ1) is 47.9. The fourth-order valence-electron chi connectivity index (χ4n) is 12.2. The minimum Gasteiger partial charge on any atom is -0.389 e. The first-order valence-electron chi connectivity index (χ1n) is 33.1. The predicted octanol–water partition coefficient (Wildman–Crippen LogP) is 4.93. The standard InChI is InChI=1S/C17H27N4O4PS.C16H24ClN4O3PS.C15H22IN4O4P.C15H23N4O4PS/c1-6-27-17-20-11-14(18-9(2)19-15(11)24)21(17)16-13(23)12(22)10(25-16)7-8-26(3,4)5;1-8-18-13-11(14(23)19-8)20-16(26-5)21(13)15-10(17)12(22)9(24-15)6-7-25(2,3)4;1-7-17-12-9(13(23)18-7)19-15(16)20(12)14-11(22)10(21)8(24-14)5-6-25(2,3)4;1-7-16-12-9(13(22)17-7)18-15(25)19(12)14-11(21)10(20)8(23-14)5-6-24(2,3)4/h10,12-13,16,22-23H,3,6-8H2,1-2,4-5H3,(H,18,19,24);9-10,12,15,22H,2,6-7H2,1,3-5H3,(H,18,19,23);8,10-11,14,21-22H,2,5-6H2,1,3-4H3,(H,17,18,23);8,10-11,14,20-21H,2,5-6H2,1,3-4H3,(H,18,25)(H,16,17,22)/t10-,12-,13-,16-;9-,10-,12-,15-;2*8-,10-,11-,14-/m1111/s1. The highest BCUT2D eigenvalue weighted by Gasteiger charge is 2.49. The molecule has 12 rings (SSSR count). The van der Waals surface area contributed by atoms with E-state index in [0.717, 1.165) is 30.4 Å². The number of nitrogens with zero attached hydrogens (tertiary/aromatic N) is 11. The zero-order chi connectivity index (χ0) is 76.2. The minimum absolute atomic E-state index is 0.188. The van der Waals surface area contributed by atoms with E-state index in [1.54, 1.807) is 41.4 Å². The van der Waals surface area contributed by atoms with E-state index < -0.39 is 119 Å². The summed E-state index contributed by atoms with van der Waals surface area (Å²) in [6.45, 7) is 20.7. The van der Waals surface area contributed by atoms with Crippen molar-refractivity contribution in [3.05, 3.63) is 73.3 Å². The van der Waals surface area contributed by atoms with Crippen LogP contribution in [0.3, 0.4) is 0 Å². The molecule has 8 aromatic heterocycles. The molecule has 16 atom stereocenters. The monoisotopic (exact) mass is 1700 g/mol. The number of rotatable bonds is 19. The van der Waals surface area contributed by atoms with Gasteiger partial charge in [-0.3, -0.25) is 37.4 Å². The third-order valence-corrected chi connectivity index (χ3v) is 26.3. The van der Waals surface area contributed by atoms with Crippen molar-refractivity contribution >= 4 is 167 Å². The lowest BCUT2D eigenvalue weighted by atomic mass is 10.1. The van der Waals surface area contributed by atoms with Gasteiger partial charge in [-0.05, 0) is 156 Å². The summed E-state index contributed by atoms with van der Waals surface area (Å²) in [4.78, 5) is 92.4. The number of halogens is 2. The smallest absolute Gasteiger partial charge is 0.279 e. The first kappa shape index (κ1) is 83.1. The van der Waals surface area contributed by atoms with Crippen molar-refractivity contribution in [3.8, 4) is 0 Å². The van der Waals surface area contributed by atoms with Crippen LogP contribution in [0.5, 0.6) is 0 Å². The molecule has 0 radical (unpaired) electrons. The van der Waals surface area contributed by atoms with Gasteiger partial charge in [0.1, 0.15) is 71.4 Å². The van der Waals surface area contributed by atoms with Gasteiger partial charge in [0.05, 0.1) is 24.4 Å². The van der Waals surface area contributed by atoms with E-state index in [1.165, 1.54) is 28.1 Å². The van der Waals surface area contributed by atoms with Gasteiger partial charge in [-0.1, -0.05) is 30.4 Å². The van der Waals surface area contributed by atoms with E-state index in [1.807, 2.05) is 35.8 Å². The van der Waals surface area contributed by atoms with Gasteiger partial charge >= 0.3 is 0 Å². The van der Waals surface area contributed by atoms with Crippen molar-refractivity contribution in [1.82, 2.24) is 78.1 Å². The Morgan fingerprint density at radius 3 is 1.17 bits per heavy atom. The number of hydrogen-bond donors (Lipinski definition) is 12. The number of fused-ring (bicyclic) bond motifs is 4. The largest absolute Gasteiger partial charge is 0.389 e. The molecule has 12 heterocycles. The molecule has 4 saturated heterocycles. The molecule has 0 amide bonds. The van der Waals surface area contributed by atoms with Crippen LogP contribution in [0.2, 0.25) is 0 Å². The van der Waals surface area contributed by atoms with Crippen LogP contribution in [-0.4, -0.2) is 302 Å². The van der Waals surface area contributed by atoms with Crippen molar-refractivity contribution in [2.75, 3.05) is 90.0 Å². The first-order valence-corrected chi connectivity index (χ1v) is 49.5. The number of aliphatic hydroxyl groups is 7. The highest BCUT2D eigenvalue weighted by atomic mass is 127. The van der Waals surface area contributed by atoms with Crippen LogP contribution in [-0.2, 0) is 18.9 Å². The molecular weight excluding hydrogens is 1600 g/mol. The minimum atomic E-state index is -1.27. The van der Waals surface area contributed by atoms with Crippen LogP contribution in [0.25, 0.3) is 44.7 Å². The second-order valence-electron chi connectivity index (χ2n) is 29.0. The molecule has 40 heteroatoms. The molecule has 4 aliphatic rings. The molecule has 0 aliphatic carbocycles. The van der Waals surface area contributed by atoms with Gasteiger partial charge in [-0.2, -0.15) is 0 Å². The van der Waals surface area contributed by atoms with E-state index >= 15 is 0 Å². The van der Waals surface area contributed by atoms with Crippen LogP contribution in [0.15, 0.2) is 29.5 Å². The van der Waals surface area contributed by atoms with Gasteiger partial charge in [0.2, 0.25) is 0 Å². The number of aryl methyl sites for hydroxylation is 4. The SMILES string of the molecule is C=P(C)(C)CC[C@H]1O[C@@H](n2c(=S)[nH]c3c(=O)[nH]c(C)nc32)[C@H](O)[C@@H]1O.C=P(C)(C)CC[C@H]1O[C@@H](n2c(I)nc3c(=O)[nH]c(C)nc32)[C@H](O)[C@@H]1O.C=P(C)(C)CC[C@H]1O[C@@H](n2c(SC)nc3c(=O)[nH]c(C)nc32)[C@H](Cl)[C@@H]1O.C=P(C)(C)CC[C@H]1O[C@@H](n2c(SCC)nc3c(=O)[nH]c(C)nc32)[C@H](O)[C@@H]1O. The van der Waals surface area contributed by atoms with Gasteiger partial charge in [-0.15, -0.1) is 64.3 Å². The summed E-state index contributed by atoms with van der Waals surface area (Å²) in [5.74, 6) is 2.54. The summed E-state index contributed by atoms with van der Waals surface area (Å²) in [7, 11) is 0. The Hall–Kier alpha value is -3.90. The molecule has 103 heavy (non-hydrogen) atoms. The summed E-state index contributed by atoms with van der Waals surface area (Å²) in [6.07, 6.45) is 12.2. The van der Waals surface area contributed by atoms with Crippen LogP contribution < -0.4 is 22.2 Å². The number of alkyl halides is 1. The number of aromatic nitrogens is 16. The Balaban J connectivity index is 0.000000160. The fraction of sp³-hybridized carbons (Fsp3) is 0.619. The second-order valence-corrected chi connectivity index (χ2v) is 50.1. The quantitative estimate of drug-likeness (QED) is 0.0127. The summed E-state index contributed by atoms with van der Waals surface area (Å²) in [5, 5.41) is 74.0. The van der Waals surface area contributed by atoms with Crippen molar-refractivity contribution < 1.29 is 54.7 Å². The maximum Gasteiger partial charge on any atom is 0.279 e. The average Bonchev–Trinajstić information content (AvgIpc) is 1.63. The summed E-state index contributed by atoms with van der Waals surface area (Å²) in [6, 6.07) is 0. The van der Waals surface area contributed by atoms with Crippen LogP contribution >= 0.6 is 97.5 Å².